The van der Waals surface area contributed by atoms with Crippen molar-refractivity contribution in [1.29, 1.82) is 0 Å². The van der Waals surface area contributed by atoms with Crippen molar-refractivity contribution in [2.75, 3.05) is 19.3 Å². The lowest BCUT2D eigenvalue weighted by molar-refractivity contribution is -0.384. The van der Waals surface area contributed by atoms with Crippen molar-refractivity contribution in [2.45, 2.75) is 0 Å². The molecule has 0 aliphatic rings. The number of amides is 1. The fraction of sp³-hybridized carbons (Fsp3) is 0.300. The Bertz CT molecular complexity index is 407. The minimum absolute atomic E-state index is 0.0477. The number of carbonyl (C=O) groups excluding carboxylic acids is 1. The molecular weight excluding hydrogens is 244 g/mol. The molecule has 92 valence electrons. The maximum Gasteiger partial charge on any atom is 0.414 e. The summed E-state index contributed by atoms with van der Waals surface area (Å²) < 4.78 is 4.99. The second kappa shape index (κ2) is 6.09. The zero-order valence-electron chi connectivity index (χ0n) is 9.20. The summed E-state index contributed by atoms with van der Waals surface area (Å²) in [5, 5.41) is 10.4. The molecule has 0 saturated heterocycles. The Morgan fingerprint density at radius 3 is 2.53 bits per heavy atom. The first-order valence-corrected chi connectivity index (χ1v) is 5.46. The molecule has 0 fully saturated rings. The van der Waals surface area contributed by atoms with Gasteiger partial charge in [0.05, 0.1) is 4.92 Å². The van der Waals surface area contributed by atoms with Crippen LogP contribution in [0.4, 0.5) is 10.5 Å². The monoisotopic (exact) mass is 256 g/mol. The highest BCUT2D eigenvalue weighted by Crippen LogP contribution is 2.17. The zero-order valence-corrected chi connectivity index (χ0v) is 10.1. The maximum absolute atomic E-state index is 11.5. The van der Waals surface area contributed by atoms with Gasteiger partial charge in [-0.15, -0.1) is 0 Å². The molecule has 0 N–H and O–H groups in total. The maximum atomic E-state index is 11.5. The molecule has 0 atom stereocenters. The quantitative estimate of drug-likeness (QED) is 0.507. The molecule has 0 aliphatic carbocycles. The van der Waals surface area contributed by atoms with E-state index in [1.54, 1.807) is 7.05 Å². The topological polar surface area (TPSA) is 72.7 Å². The van der Waals surface area contributed by atoms with Crippen LogP contribution in [-0.4, -0.2) is 35.3 Å². The molecule has 0 spiro atoms. The average Bonchev–Trinajstić information content (AvgIpc) is 2.30. The van der Waals surface area contributed by atoms with E-state index in [-0.39, 0.29) is 11.4 Å². The van der Waals surface area contributed by atoms with E-state index in [4.69, 9.17) is 4.74 Å². The van der Waals surface area contributed by atoms with Crippen molar-refractivity contribution in [3.8, 4) is 5.75 Å². The van der Waals surface area contributed by atoms with Gasteiger partial charge >= 0.3 is 6.09 Å². The van der Waals surface area contributed by atoms with Crippen molar-refractivity contribution in [2.24, 2.45) is 0 Å². The molecule has 1 rings (SSSR count). The van der Waals surface area contributed by atoms with Crippen molar-refractivity contribution in [3.05, 3.63) is 34.4 Å². The van der Waals surface area contributed by atoms with Crippen molar-refractivity contribution in [3.63, 3.8) is 0 Å². The molecule has 0 saturated carbocycles. The second-order valence-electron chi connectivity index (χ2n) is 3.26. The van der Waals surface area contributed by atoms with Gasteiger partial charge in [0.2, 0.25) is 0 Å². The van der Waals surface area contributed by atoms with Gasteiger partial charge in [-0.25, -0.2) is 4.79 Å². The number of nitro benzene ring substituents is 1. The first kappa shape index (κ1) is 13.3. The summed E-state index contributed by atoms with van der Waals surface area (Å²) in [4.78, 5) is 22.7. The van der Waals surface area contributed by atoms with E-state index in [1.165, 1.54) is 29.2 Å². The molecular formula is C10H12N2O4S. The number of rotatable bonds is 4. The molecule has 1 aromatic rings. The highest BCUT2D eigenvalue weighted by molar-refractivity contribution is 7.80. The van der Waals surface area contributed by atoms with Crippen LogP contribution in [0.15, 0.2) is 24.3 Å². The SMILES string of the molecule is CN(CCS)C(=O)Oc1ccc([N+](=O)[O-])cc1. The molecule has 7 heteroatoms. The third kappa shape index (κ3) is 3.95. The lowest BCUT2D eigenvalue weighted by Crippen LogP contribution is -2.31. The smallest absolute Gasteiger partial charge is 0.410 e. The Morgan fingerprint density at radius 1 is 1.47 bits per heavy atom. The van der Waals surface area contributed by atoms with Gasteiger partial charge in [0.15, 0.2) is 0 Å². The predicted molar refractivity (Wildman–Crippen MR) is 65.6 cm³/mol. The Morgan fingerprint density at radius 2 is 2.06 bits per heavy atom. The van der Waals surface area contributed by atoms with E-state index in [9.17, 15) is 14.9 Å². The normalized spacial score (nSPS) is 9.76. The average molecular weight is 256 g/mol. The molecule has 0 radical (unpaired) electrons. The van der Waals surface area contributed by atoms with E-state index in [1.807, 2.05) is 0 Å². The summed E-state index contributed by atoms with van der Waals surface area (Å²) in [5.41, 5.74) is -0.0477. The molecule has 0 unspecified atom stereocenters. The van der Waals surface area contributed by atoms with Crippen molar-refractivity contribution >= 4 is 24.4 Å². The van der Waals surface area contributed by atoms with Crippen LogP contribution in [-0.2, 0) is 0 Å². The summed E-state index contributed by atoms with van der Waals surface area (Å²) in [7, 11) is 1.59. The molecule has 0 heterocycles. The van der Waals surface area contributed by atoms with Gasteiger partial charge in [0.25, 0.3) is 5.69 Å². The molecule has 0 aliphatic heterocycles. The van der Waals surface area contributed by atoms with Crippen LogP contribution in [0.5, 0.6) is 5.75 Å². The number of nitro groups is 1. The van der Waals surface area contributed by atoms with E-state index in [2.05, 4.69) is 12.6 Å². The van der Waals surface area contributed by atoms with E-state index >= 15 is 0 Å². The Balaban J connectivity index is 2.63. The van der Waals surface area contributed by atoms with E-state index < -0.39 is 11.0 Å². The summed E-state index contributed by atoms with van der Waals surface area (Å²) in [6, 6.07) is 5.32. The van der Waals surface area contributed by atoms with Crippen LogP contribution >= 0.6 is 12.6 Å². The van der Waals surface area contributed by atoms with Crippen LogP contribution in [0.25, 0.3) is 0 Å². The number of carbonyl (C=O) groups is 1. The van der Waals surface area contributed by atoms with Crippen LogP contribution in [0.2, 0.25) is 0 Å². The number of hydrogen-bond acceptors (Lipinski definition) is 5. The van der Waals surface area contributed by atoms with Gasteiger partial charge in [0, 0.05) is 31.5 Å². The number of non-ortho nitro benzene ring substituents is 1. The minimum Gasteiger partial charge on any atom is -0.410 e. The summed E-state index contributed by atoms with van der Waals surface area (Å²) in [5.74, 6) is 0.804. The lowest BCUT2D eigenvalue weighted by Gasteiger charge is -2.15. The van der Waals surface area contributed by atoms with E-state index in [0.29, 0.717) is 12.3 Å². The largest absolute Gasteiger partial charge is 0.414 e. The Kier molecular flexibility index (Phi) is 4.77. The Hall–Kier alpha value is -1.76. The highest BCUT2D eigenvalue weighted by atomic mass is 32.1. The van der Waals surface area contributed by atoms with Gasteiger partial charge in [-0.1, -0.05) is 0 Å². The standard InChI is InChI=1S/C10H12N2O4S/c1-11(6-7-17)10(13)16-9-4-2-8(3-5-9)12(14)15/h2-5,17H,6-7H2,1H3. The van der Waals surface area contributed by atoms with Gasteiger partial charge in [-0.2, -0.15) is 12.6 Å². The number of ether oxygens (including phenoxy) is 1. The van der Waals surface area contributed by atoms with E-state index in [0.717, 1.165) is 0 Å². The number of benzene rings is 1. The molecule has 1 amide bonds. The number of hydrogen-bond donors (Lipinski definition) is 1. The fourth-order valence-electron chi connectivity index (χ4n) is 1.06. The third-order valence-electron chi connectivity index (χ3n) is 2.00. The van der Waals surface area contributed by atoms with Crippen LogP contribution in [0, 0.1) is 10.1 Å². The predicted octanol–water partition coefficient (Wildman–Crippen LogP) is 1.96. The van der Waals surface area contributed by atoms with Crippen molar-refractivity contribution in [1.82, 2.24) is 4.90 Å². The molecule has 0 bridgehead atoms. The molecule has 6 nitrogen and oxygen atoms in total. The van der Waals surface area contributed by atoms with Gasteiger partial charge in [-0.3, -0.25) is 10.1 Å². The fourth-order valence-corrected chi connectivity index (χ4v) is 1.36. The summed E-state index contributed by atoms with van der Waals surface area (Å²) >= 11 is 3.99. The molecule has 1 aromatic carbocycles. The Labute approximate surface area is 104 Å². The van der Waals surface area contributed by atoms with Crippen molar-refractivity contribution < 1.29 is 14.5 Å². The van der Waals surface area contributed by atoms with Gasteiger partial charge < -0.3 is 9.64 Å². The zero-order chi connectivity index (χ0) is 12.8. The summed E-state index contributed by atoms with van der Waals surface area (Å²) in [6.07, 6.45) is -0.520. The minimum atomic E-state index is -0.520. The highest BCUT2D eigenvalue weighted by Gasteiger charge is 2.11. The van der Waals surface area contributed by atoms with Crippen LogP contribution in [0.1, 0.15) is 0 Å². The molecule has 0 aromatic heterocycles. The lowest BCUT2D eigenvalue weighted by atomic mass is 10.3. The molecule has 17 heavy (non-hydrogen) atoms. The van der Waals surface area contributed by atoms with Gasteiger partial charge in [0.1, 0.15) is 5.75 Å². The summed E-state index contributed by atoms with van der Waals surface area (Å²) in [6.45, 7) is 0.467. The van der Waals surface area contributed by atoms with Crippen LogP contribution < -0.4 is 4.74 Å². The van der Waals surface area contributed by atoms with Crippen LogP contribution in [0.3, 0.4) is 0 Å². The first-order valence-electron chi connectivity index (χ1n) is 4.83. The number of nitrogens with zero attached hydrogens (tertiary/aromatic N) is 2. The first-order chi connectivity index (χ1) is 8.04. The number of thiol groups is 1. The van der Waals surface area contributed by atoms with Gasteiger partial charge in [-0.05, 0) is 12.1 Å². The second-order valence-corrected chi connectivity index (χ2v) is 3.71. The third-order valence-corrected chi connectivity index (χ3v) is 2.20.